The molecule has 0 bridgehead atoms. The minimum Gasteiger partial charge on any atom is -0.340 e. The second-order valence-electron chi connectivity index (χ2n) is 7.16. The van der Waals surface area contributed by atoms with E-state index in [0.29, 0.717) is 19.4 Å². The van der Waals surface area contributed by atoms with Gasteiger partial charge in [0, 0.05) is 31.3 Å². The molecule has 1 aromatic carbocycles. The van der Waals surface area contributed by atoms with Crippen LogP contribution in [0.3, 0.4) is 0 Å². The zero-order valence-electron chi connectivity index (χ0n) is 17.1. The Kier molecular flexibility index (Phi) is 7.28. The van der Waals surface area contributed by atoms with Crippen molar-refractivity contribution in [3.63, 3.8) is 0 Å². The zero-order chi connectivity index (χ0) is 20.0. The van der Waals surface area contributed by atoms with E-state index in [-0.39, 0.29) is 11.9 Å². The molecule has 144 valence electrons. The number of fused-ring (bicyclic) bond motifs is 1. The predicted molar refractivity (Wildman–Crippen MR) is 112 cm³/mol. The van der Waals surface area contributed by atoms with Crippen LogP contribution in [0.15, 0.2) is 30.3 Å². The fourth-order valence-electron chi connectivity index (χ4n) is 3.65. The highest BCUT2D eigenvalue weighted by atomic mass is 16.2. The SMILES string of the molecule is CC/C=C(\C)c1nc2ccccc2c(CCN(C(C)=O)C(C)C)c1CC=O. The number of rotatable bonds is 8. The Morgan fingerprint density at radius 2 is 1.89 bits per heavy atom. The molecule has 0 aliphatic carbocycles. The van der Waals surface area contributed by atoms with Crippen LogP contribution in [0.5, 0.6) is 0 Å². The van der Waals surface area contributed by atoms with Crippen LogP contribution in [0.1, 0.15) is 57.9 Å². The van der Waals surface area contributed by atoms with Crippen LogP contribution in [0.4, 0.5) is 0 Å². The second-order valence-corrected chi connectivity index (χ2v) is 7.16. The Labute approximate surface area is 162 Å². The molecule has 0 saturated carbocycles. The van der Waals surface area contributed by atoms with E-state index in [2.05, 4.69) is 26.0 Å². The van der Waals surface area contributed by atoms with Crippen molar-refractivity contribution in [3.05, 3.63) is 47.2 Å². The summed E-state index contributed by atoms with van der Waals surface area (Å²) in [6.45, 7) is 10.4. The molecule has 0 aliphatic heterocycles. The first-order valence-corrected chi connectivity index (χ1v) is 9.69. The first kappa shape index (κ1) is 20.8. The van der Waals surface area contributed by atoms with Crippen molar-refractivity contribution in [3.8, 4) is 0 Å². The maximum absolute atomic E-state index is 12.0. The molecule has 4 nitrogen and oxygen atoms in total. The van der Waals surface area contributed by atoms with Crippen LogP contribution in [0.25, 0.3) is 16.5 Å². The van der Waals surface area contributed by atoms with E-state index >= 15 is 0 Å². The van der Waals surface area contributed by atoms with Crippen LogP contribution in [0.2, 0.25) is 0 Å². The normalized spacial score (nSPS) is 11.9. The molecule has 1 heterocycles. The summed E-state index contributed by atoms with van der Waals surface area (Å²) in [5, 5.41) is 1.06. The van der Waals surface area contributed by atoms with Gasteiger partial charge in [-0.15, -0.1) is 0 Å². The smallest absolute Gasteiger partial charge is 0.219 e. The molecule has 0 N–H and O–H groups in total. The lowest BCUT2D eigenvalue weighted by Gasteiger charge is -2.26. The fourth-order valence-corrected chi connectivity index (χ4v) is 3.65. The minimum absolute atomic E-state index is 0.0718. The molecule has 0 atom stereocenters. The van der Waals surface area contributed by atoms with Crippen LogP contribution >= 0.6 is 0 Å². The molecular weight excluding hydrogens is 336 g/mol. The first-order chi connectivity index (χ1) is 12.9. The molecule has 1 aromatic heterocycles. The number of pyridine rings is 1. The fraction of sp³-hybridized carbons (Fsp3) is 0.435. The van der Waals surface area contributed by atoms with E-state index in [1.807, 2.05) is 36.9 Å². The summed E-state index contributed by atoms with van der Waals surface area (Å²) in [4.78, 5) is 30.2. The molecule has 0 radical (unpaired) electrons. The largest absolute Gasteiger partial charge is 0.340 e. The molecule has 0 saturated heterocycles. The summed E-state index contributed by atoms with van der Waals surface area (Å²) in [7, 11) is 0. The highest BCUT2D eigenvalue weighted by Crippen LogP contribution is 2.29. The molecule has 0 fully saturated rings. The molecule has 0 spiro atoms. The summed E-state index contributed by atoms with van der Waals surface area (Å²) in [6, 6.07) is 8.19. The van der Waals surface area contributed by atoms with Gasteiger partial charge in [-0.2, -0.15) is 0 Å². The van der Waals surface area contributed by atoms with E-state index < -0.39 is 0 Å². The number of para-hydroxylation sites is 1. The van der Waals surface area contributed by atoms with Gasteiger partial charge in [-0.1, -0.05) is 31.2 Å². The second kappa shape index (κ2) is 9.45. The van der Waals surface area contributed by atoms with Gasteiger partial charge in [0.1, 0.15) is 6.29 Å². The third-order valence-corrected chi connectivity index (χ3v) is 4.91. The van der Waals surface area contributed by atoms with Crippen molar-refractivity contribution < 1.29 is 9.59 Å². The summed E-state index contributed by atoms with van der Waals surface area (Å²) in [5.74, 6) is 0.0718. The number of aldehydes is 1. The third kappa shape index (κ3) is 4.82. The lowest BCUT2D eigenvalue weighted by atomic mass is 9.93. The van der Waals surface area contributed by atoms with E-state index in [1.165, 1.54) is 0 Å². The molecule has 0 aliphatic rings. The standard InChI is InChI=1S/C23H30N2O2/c1-6-9-17(4)23-21(13-15-26)19(12-14-25(16(2)3)18(5)27)20-10-7-8-11-22(20)24-23/h7-11,15-16H,6,12-14H2,1-5H3/b17-9+. The van der Waals surface area contributed by atoms with Crippen molar-refractivity contribution in [1.29, 1.82) is 0 Å². The Balaban J connectivity index is 2.63. The van der Waals surface area contributed by atoms with Crippen molar-refractivity contribution in [1.82, 2.24) is 9.88 Å². The van der Waals surface area contributed by atoms with E-state index in [9.17, 15) is 9.59 Å². The quantitative estimate of drug-likeness (QED) is 0.642. The van der Waals surface area contributed by atoms with Crippen molar-refractivity contribution in [2.24, 2.45) is 0 Å². The van der Waals surface area contributed by atoms with Crippen molar-refractivity contribution in [2.75, 3.05) is 6.54 Å². The number of hydrogen-bond acceptors (Lipinski definition) is 3. The number of carbonyl (C=O) groups is 2. The number of allylic oxidation sites excluding steroid dienone is 2. The van der Waals surface area contributed by atoms with Gasteiger partial charge in [0.2, 0.25) is 5.91 Å². The van der Waals surface area contributed by atoms with E-state index in [1.54, 1.807) is 6.92 Å². The molecular formula is C23H30N2O2. The lowest BCUT2D eigenvalue weighted by Crippen LogP contribution is -2.36. The summed E-state index contributed by atoms with van der Waals surface area (Å²) in [6.07, 6.45) is 5.05. The molecule has 27 heavy (non-hydrogen) atoms. The first-order valence-electron chi connectivity index (χ1n) is 9.69. The van der Waals surface area contributed by atoms with Crippen LogP contribution in [-0.4, -0.2) is 34.7 Å². The Morgan fingerprint density at radius 1 is 1.19 bits per heavy atom. The molecule has 2 rings (SSSR count). The highest BCUT2D eigenvalue weighted by Gasteiger charge is 2.18. The molecule has 0 unspecified atom stereocenters. The van der Waals surface area contributed by atoms with Crippen LogP contribution in [0, 0.1) is 0 Å². The summed E-state index contributed by atoms with van der Waals surface area (Å²) in [5.41, 5.74) is 5.03. The van der Waals surface area contributed by atoms with Gasteiger partial charge in [0.15, 0.2) is 0 Å². The van der Waals surface area contributed by atoms with Crippen LogP contribution in [-0.2, 0) is 22.4 Å². The molecule has 2 aromatic rings. The summed E-state index contributed by atoms with van der Waals surface area (Å²) < 4.78 is 0. The number of aromatic nitrogens is 1. The average molecular weight is 367 g/mol. The van der Waals surface area contributed by atoms with E-state index in [0.717, 1.165) is 46.0 Å². The number of benzene rings is 1. The lowest BCUT2D eigenvalue weighted by molar-refractivity contribution is -0.130. The molecule has 4 heteroatoms. The van der Waals surface area contributed by atoms with Gasteiger partial charge in [0.05, 0.1) is 11.2 Å². The summed E-state index contributed by atoms with van der Waals surface area (Å²) >= 11 is 0. The Hall–Kier alpha value is -2.49. The maximum atomic E-state index is 12.0. The third-order valence-electron chi connectivity index (χ3n) is 4.91. The van der Waals surface area contributed by atoms with Gasteiger partial charge < -0.3 is 9.69 Å². The molecule has 1 amide bonds. The number of nitrogens with zero attached hydrogens (tertiary/aromatic N) is 2. The maximum Gasteiger partial charge on any atom is 0.219 e. The number of amides is 1. The van der Waals surface area contributed by atoms with E-state index in [4.69, 9.17) is 4.98 Å². The van der Waals surface area contributed by atoms with Gasteiger partial charge >= 0.3 is 0 Å². The predicted octanol–water partition coefficient (Wildman–Crippen LogP) is 4.59. The van der Waals surface area contributed by atoms with Gasteiger partial charge in [-0.25, -0.2) is 4.98 Å². The topological polar surface area (TPSA) is 50.3 Å². The van der Waals surface area contributed by atoms with Gasteiger partial charge in [-0.3, -0.25) is 4.79 Å². The Morgan fingerprint density at radius 3 is 2.48 bits per heavy atom. The van der Waals surface area contributed by atoms with Gasteiger partial charge in [-0.05, 0) is 56.4 Å². The monoisotopic (exact) mass is 366 g/mol. The van der Waals surface area contributed by atoms with Crippen molar-refractivity contribution in [2.45, 2.75) is 59.9 Å². The van der Waals surface area contributed by atoms with Gasteiger partial charge in [0.25, 0.3) is 0 Å². The number of hydrogen-bond donors (Lipinski definition) is 0. The zero-order valence-corrected chi connectivity index (χ0v) is 17.1. The van der Waals surface area contributed by atoms with Crippen molar-refractivity contribution >= 4 is 28.7 Å². The Bertz CT molecular complexity index is 853. The average Bonchev–Trinajstić information content (AvgIpc) is 2.62. The minimum atomic E-state index is 0.0718. The number of carbonyl (C=O) groups excluding carboxylic acids is 2. The highest BCUT2D eigenvalue weighted by molar-refractivity contribution is 5.87. The van der Waals surface area contributed by atoms with Crippen LogP contribution < -0.4 is 0 Å².